The molecule has 1 heterocycles. The molecule has 0 bridgehead atoms. The van der Waals surface area contributed by atoms with E-state index in [1.165, 1.54) is 20.4 Å². The fourth-order valence-electron chi connectivity index (χ4n) is 2.67. The summed E-state index contributed by atoms with van der Waals surface area (Å²) in [5.41, 5.74) is 3.60. The van der Waals surface area contributed by atoms with E-state index in [1.807, 2.05) is 30.3 Å². The summed E-state index contributed by atoms with van der Waals surface area (Å²) in [6, 6.07) is 14.3. The van der Waals surface area contributed by atoms with Crippen LogP contribution in [-0.4, -0.2) is 32.1 Å². The van der Waals surface area contributed by atoms with Gasteiger partial charge in [0.25, 0.3) is 0 Å². The Kier molecular flexibility index (Phi) is 6.06. The molecule has 0 fully saturated rings. The van der Waals surface area contributed by atoms with Crippen molar-refractivity contribution in [3.8, 4) is 11.5 Å². The maximum atomic E-state index is 12.3. The lowest BCUT2D eigenvalue weighted by Crippen LogP contribution is -2.18. The van der Waals surface area contributed by atoms with Crippen molar-refractivity contribution in [1.82, 2.24) is 5.43 Å². The van der Waals surface area contributed by atoms with Crippen molar-refractivity contribution in [2.75, 3.05) is 14.2 Å². The number of Topliss-reactive ketones (excluding diaryl/α,β-unsaturated/α-hetero) is 1. The van der Waals surface area contributed by atoms with E-state index >= 15 is 0 Å². The van der Waals surface area contributed by atoms with Gasteiger partial charge in [-0.25, -0.2) is 5.43 Å². The maximum absolute atomic E-state index is 12.3. The molecule has 0 saturated heterocycles. The molecule has 1 aromatic heterocycles. The van der Waals surface area contributed by atoms with Crippen LogP contribution >= 0.6 is 0 Å². The molecule has 0 atom stereocenters. The number of amides is 1. The van der Waals surface area contributed by atoms with E-state index in [0.29, 0.717) is 22.8 Å². The van der Waals surface area contributed by atoms with Crippen molar-refractivity contribution in [1.29, 1.82) is 0 Å². The SMILES string of the molecule is COc1ccc(C(=O)CCC(=O)N/N=C/c2cc3ccccc3o2)cc1OC. The zero-order valence-corrected chi connectivity index (χ0v) is 15.6. The second-order valence-electron chi connectivity index (χ2n) is 5.97. The van der Waals surface area contributed by atoms with E-state index in [-0.39, 0.29) is 24.5 Å². The van der Waals surface area contributed by atoms with Gasteiger partial charge in [0, 0.05) is 23.8 Å². The number of para-hydroxylation sites is 1. The Bertz CT molecular complexity index is 990. The molecule has 7 heteroatoms. The summed E-state index contributed by atoms with van der Waals surface area (Å²) in [5.74, 6) is 1.01. The van der Waals surface area contributed by atoms with E-state index in [2.05, 4.69) is 10.5 Å². The van der Waals surface area contributed by atoms with Crippen LogP contribution in [0.15, 0.2) is 58.0 Å². The van der Waals surface area contributed by atoms with Gasteiger partial charge in [-0.15, -0.1) is 0 Å². The van der Waals surface area contributed by atoms with Crippen LogP contribution in [0.3, 0.4) is 0 Å². The van der Waals surface area contributed by atoms with Gasteiger partial charge in [0.2, 0.25) is 5.91 Å². The molecule has 0 spiro atoms. The third-order valence-corrected chi connectivity index (χ3v) is 4.11. The van der Waals surface area contributed by atoms with Crippen LogP contribution in [0.5, 0.6) is 11.5 Å². The molecule has 0 saturated carbocycles. The second kappa shape index (κ2) is 8.85. The van der Waals surface area contributed by atoms with Crippen molar-refractivity contribution >= 4 is 28.9 Å². The lowest BCUT2D eigenvalue weighted by Gasteiger charge is -2.08. The van der Waals surface area contributed by atoms with Gasteiger partial charge in [-0.1, -0.05) is 18.2 Å². The summed E-state index contributed by atoms with van der Waals surface area (Å²) in [6.07, 6.45) is 1.50. The van der Waals surface area contributed by atoms with Crippen LogP contribution < -0.4 is 14.9 Å². The van der Waals surface area contributed by atoms with Crippen LogP contribution in [-0.2, 0) is 4.79 Å². The van der Waals surface area contributed by atoms with Gasteiger partial charge in [-0.2, -0.15) is 5.10 Å². The van der Waals surface area contributed by atoms with Gasteiger partial charge in [0.15, 0.2) is 17.3 Å². The first-order valence-corrected chi connectivity index (χ1v) is 8.66. The molecule has 144 valence electrons. The summed E-state index contributed by atoms with van der Waals surface area (Å²) in [4.78, 5) is 24.2. The number of hydrazone groups is 1. The van der Waals surface area contributed by atoms with Crippen molar-refractivity contribution in [2.45, 2.75) is 12.8 Å². The number of rotatable bonds is 8. The minimum atomic E-state index is -0.360. The van der Waals surface area contributed by atoms with Crippen LogP contribution in [0, 0.1) is 0 Å². The highest BCUT2D eigenvalue weighted by Gasteiger charge is 2.12. The molecule has 7 nitrogen and oxygen atoms in total. The van der Waals surface area contributed by atoms with Gasteiger partial charge < -0.3 is 13.9 Å². The van der Waals surface area contributed by atoms with Crippen LogP contribution in [0.1, 0.15) is 29.0 Å². The fraction of sp³-hybridized carbons (Fsp3) is 0.190. The first-order chi connectivity index (χ1) is 13.6. The van der Waals surface area contributed by atoms with E-state index in [1.54, 1.807) is 18.2 Å². The number of benzene rings is 2. The van der Waals surface area contributed by atoms with Crippen molar-refractivity contribution in [3.63, 3.8) is 0 Å². The molecule has 0 aliphatic heterocycles. The van der Waals surface area contributed by atoms with E-state index < -0.39 is 0 Å². The fourth-order valence-corrected chi connectivity index (χ4v) is 2.67. The first-order valence-electron chi connectivity index (χ1n) is 8.66. The number of hydrogen-bond donors (Lipinski definition) is 1. The average Bonchev–Trinajstić information content (AvgIpc) is 3.14. The Morgan fingerprint density at radius 2 is 1.82 bits per heavy atom. The largest absolute Gasteiger partial charge is 0.493 e. The van der Waals surface area contributed by atoms with Gasteiger partial charge >= 0.3 is 0 Å². The summed E-state index contributed by atoms with van der Waals surface area (Å²) in [6.45, 7) is 0. The second-order valence-corrected chi connectivity index (χ2v) is 5.97. The zero-order valence-electron chi connectivity index (χ0n) is 15.6. The molecule has 2 aromatic carbocycles. The Balaban J connectivity index is 1.51. The Hall–Kier alpha value is -3.61. The summed E-state index contributed by atoms with van der Waals surface area (Å²) >= 11 is 0. The van der Waals surface area contributed by atoms with E-state index in [0.717, 1.165) is 11.0 Å². The molecule has 0 radical (unpaired) electrons. The zero-order chi connectivity index (χ0) is 19.9. The number of carbonyl (C=O) groups excluding carboxylic acids is 2. The number of ketones is 1. The van der Waals surface area contributed by atoms with Crippen molar-refractivity contribution in [3.05, 3.63) is 59.9 Å². The van der Waals surface area contributed by atoms with Gasteiger partial charge in [0.05, 0.1) is 20.4 Å². The molecule has 28 heavy (non-hydrogen) atoms. The normalized spacial score (nSPS) is 10.9. The number of nitrogens with one attached hydrogen (secondary N) is 1. The van der Waals surface area contributed by atoms with Crippen LogP contribution in [0.2, 0.25) is 0 Å². The predicted molar refractivity (Wildman–Crippen MR) is 105 cm³/mol. The topological polar surface area (TPSA) is 90.1 Å². The number of carbonyl (C=O) groups is 2. The third kappa shape index (κ3) is 4.56. The molecule has 3 aromatic rings. The minimum absolute atomic E-state index is 0.0185. The highest BCUT2D eigenvalue weighted by atomic mass is 16.5. The van der Waals surface area contributed by atoms with Gasteiger partial charge in [-0.05, 0) is 30.3 Å². The average molecular weight is 380 g/mol. The van der Waals surface area contributed by atoms with Crippen LogP contribution in [0.25, 0.3) is 11.0 Å². The molecule has 0 unspecified atom stereocenters. The van der Waals surface area contributed by atoms with Gasteiger partial charge in [0.1, 0.15) is 11.3 Å². The summed E-state index contributed by atoms with van der Waals surface area (Å²) in [5, 5.41) is 4.83. The minimum Gasteiger partial charge on any atom is -0.493 e. The molecular weight excluding hydrogens is 360 g/mol. The summed E-state index contributed by atoms with van der Waals surface area (Å²) in [7, 11) is 3.02. The Labute approximate surface area is 161 Å². The lowest BCUT2D eigenvalue weighted by molar-refractivity contribution is -0.121. The third-order valence-electron chi connectivity index (χ3n) is 4.11. The van der Waals surface area contributed by atoms with E-state index in [4.69, 9.17) is 13.9 Å². The van der Waals surface area contributed by atoms with Crippen LogP contribution in [0.4, 0.5) is 0 Å². The van der Waals surface area contributed by atoms with Gasteiger partial charge in [-0.3, -0.25) is 9.59 Å². The van der Waals surface area contributed by atoms with Crippen molar-refractivity contribution < 1.29 is 23.5 Å². The lowest BCUT2D eigenvalue weighted by atomic mass is 10.1. The number of hydrogen-bond acceptors (Lipinski definition) is 6. The number of fused-ring (bicyclic) bond motifs is 1. The molecular formula is C21H20N2O5. The number of furan rings is 1. The van der Waals surface area contributed by atoms with E-state index in [9.17, 15) is 9.59 Å². The first kappa shape index (κ1) is 19.2. The molecule has 1 N–H and O–H groups in total. The number of ether oxygens (including phenoxy) is 2. The smallest absolute Gasteiger partial charge is 0.240 e. The quantitative estimate of drug-likeness (QED) is 0.367. The molecule has 3 rings (SSSR count). The Morgan fingerprint density at radius 1 is 1.04 bits per heavy atom. The number of nitrogens with zero attached hydrogens (tertiary/aromatic N) is 1. The monoisotopic (exact) mass is 380 g/mol. The standard InChI is InChI=1S/C21H20N2O5/c1-26-19-9-7-14(12-20(19)27-2)17(24)8-10-21(25)23-22-13-16-11-15-5-3-4-6-18(15)28-16/h3-7,9,11-13H,8,10H2,1-2H3,(H,23,25)/b22-13+. The van der Waals surface area contributed by atoms with Crippen molar-refractivity contribution in [2.24, 2.45) is 5.10 Å². The Morgan fingerprint density at radius 3 is 2.57 bits per heavy atom. The number of methoxy groups -OCH3 is 2. The highest BCUT2D eigenvalue weighted by Crippen LogP contribution is 2.28. The molecule has 0 aliphatic rings. The highest BCUT2D eigenvalue weighted by molar-refractivity contribution is 5.98. The molecule has 0 aliphatic carbocycles. The molecule has 1 amide bonds. The maximum Gasteiger partial charge on any atom is 0.240 e. The summed E-state index contributed by atoms with van der Waals surface area (Å²) < 4.78 is 15.9. The predicted octanol–water partition coefficient (Wildman–Crippen LogP) is 3.56.